The van der Waals surface area contributed by atoms with Gasteiger partial charge in [0.25, 0.3) is 11.8 Å². The zero-order valence-electron chi connectivity index (χ0n) is 21.3. The molecule has 5 rings (SSSR count). The number of nitrogens with one attached hydrogen (secondary N) is 2. The Morgan fingerprint density at radius 1 is 0.800 bits per heavy atom. The van der Waals surface area contributed by atoms with Gasteiger partial charge in [0.05, 0.1) is 34.9 Å². The molecule has 2 N–H and O–H groups in total. The minimum atomic E-state index is -4.48. The fourth-order valence-corrected chi connectivity index (χ4v) is 4.44. The van der Waals surface area contributed by atoms with E-state index in [0.717, 1.165) is 50.2 Å². The number of halogens is 3. The van der Waals surface area contributed by atoms with Gasteiger partial charge in [-0.15, -0.1) is 0 Å². The minimum absolute atomic E-state index is 0.103. The van der Waals surface area contributed by atoms with Gasteiger partial charge in [-0.3, -0.25) is 19.6 Å². The van der Waals surface area contributed by atoms with Crippen LogP contribution in [0.4, 0.5) is 30.4 Å². The molecule has 0 bridgehead atoms. The van der Waals surface area contributed by atoms with Crippen LogP contribution < -0.4 is 15.5 Å². The van der Waals surface area contributed by atoms with Crippen LogP contribution in [0, 0.1) is 0 Å². The van der Waals surface area contributed by atoms with Gasteiger partial charge in [-0.2, -0.15) is 13.2 Å². The van der Waals surface area contributed by atoms with Crippen LogP contribution in [0.1, 0.15) is 45.7 Å². The van der Waals surface area contributed by atoms with E-state index >= 15 is 0 Å². The van der Waals surface area contributed by atoms with E-state index in [4.69, 9.17) is 0 Å². The Labute approximate surface area is 228 Å². The van der Waals surface area contributed by atoms with E-state index in [1.165, 1.54) is 30.7 Å². The van der Waals surface area contributed by atoms with Crippen LogP contribution in [0.15, 0.2) is 79.3 Å². The van der Waals surface area contributed by atoms with Crippen LogP contribution in [0.3, 0.4) is 0 Å². The molecule has 2 aromatic heterocycles. The average Bonchev–Trinajstić information content (AvgIpc) is 2.98. The molecule has 0 spiro atoms. The Morgan fingerprint density at radius 2 is 1.62 bits per heavy atom. The standard InChI is InChI=1S/C29H25F3N6O2/c30-29(31,32)20-8-6-7-19(15-20)25-17-35-26(18-34-25)37-27(39)22-16-21(38-13-4-1-5-14-38)10-11-23(22)36-28(40)24-9-2-3-12-33-24/h2-3,6-12,15-18H,1,4-5,13-14H2,(H,36,40)(H,35,37,39). The van der Waals surface area contributed by atoms with Crippen molar-refractivity contribution in [3.05, 3.63) is 96.1 Å². The molecule has 11 heteroatoms. The Morgan fingerprint density at radius 3 is 2.33 bits per heavy atom. The third kappa shape index (κ3) is 6.25. The first-order chi connectivity index (χ1) is 19.3. The smallest absolute Gasteiger partial charge is 0.372 e. The van der Waals surface area contributed by atoms with Crippen molar-refractivity contribution in [1.29, 1.82) is 0 Å². The van der Waals surface area contributed by atoms with Gasteiger partial charge in [-0.25, -0.2) is 4.98 Å². The summed E-state index contributed by atoms with van der Waals surface area (Å²) in [5.41, 5.74) is 1.24. The summed E-state index contributed by atoms with van der Waals surface area (Å²) in [5, 5.41) is 5.44. The van der Waals surface area contributed by atoms with Crippen molar-refractivity contribution in [1.82, 2.24) is 15.0 Å². The molecule has 204 valence electrons. The molecule has 0 unspecified atom stereocenters. The normalized spacial score (nSPS) is 13.5. The number of pyridine rings is 1. The predicted molar refractivity (Wildman–Crippen MR) is 145 cm³/mol. The number of hydrogen-bond acceptors (Lipinski definition) is 6. The first-order valence-electron chi connectivity index (χ1n) is 12.7. The molecule has 4 aromatic rings. The summed E-state index contributed by atoms with van der Waals surface area (Å²) < 4.78 is 39.3. The van der Waals surface area contributed by atoms with Crippen LogP contribution in [-0.2, 0) is 6.18 Å². The maximum absolute atomic E-state index is 13.4. The Bertz CT molecular complexity index is 1500. The maximum atomic E-state index is 13.4. The van der Waals surface area contributed by atoms with Gasteiger partial charge >= 0.3 is 6.18 Å². The largest absolute Gasteiger partial charge is 0.416 e. The number of rotatable bonds is 6. The lowest BCUT2D eigenvalue weighted by molar-refractivity contribution is -0.137. The van der Waals surface area contributed by atoms with E-state index in [1.54, 1.807) is 30.3 Å². The van der Waals surface area contributed by atoms with Crippen LogP contribution in [0.25, 0.3) is 11.3 Å². The molecule has 8 nitrogen and oxygen atoms in total. The van der Waals surface area contributed by atoms with Crippen LogP contribution in [-0.4, -0.2) is 39.9 Å². The molecule has 2 amide bonds. The summed E-state index contributed by atoms with van der Waals surface area (Å²) >= 11 is 0. The molecule has 1 aliphatic rings. The second-order valence-corrected chi connectivity index (χ2v) is 9.27. The highest BCUT2D eigenvalue weighted by Gasteiger charge is 2.30. The fraction of sp³-hybridized carbons (Fsp3) is 0.207. The minimum Gasteiger partial charge on any atom is -0.372 e. The first kappa shape index (κ1) is 26.8. The summed E-state index contributed by atoms with van der Waals surface area (Å²) in [7, 11) is 0. The maximum Gasteiger partial charge on any atom is 0.416 e. The molecule has 1 fully saturated rings. The molecular formula is C29H25F3N6O2. The zero-order valence-corrected chi connectivity index (χ0v) is 21.3. The van der Waals surface area contributed by atoms with Crippen molar-refractivity contribution < 1.29 is 22.8 Å². The number of alkyl halides is 3. The molecule has 0 atom stereocenters. The molecule has 1 aliphatic heterocycles. The van der Waals surface area contributed by atoms with Crippen molar-refractivity contribution in [2.75, 3.05) is 28.6 Å². The second-order valence-electron chi connectivity index (χ2n) is 9.27. The van der Waals surface area contributed by atoms with Gasteiger partial charge in [0.15, 0.2) is 5.82 Å². The van der Waals surface area contributed by atoms with Gasteiger partial charge < -0.3 is 15.5 Å². The van der Waals surface area contributed by atoms with Crippen LogP contribution in [0.2, 0.25) is 0 Å². The Balaban J connectivity index is 1.39. The van der Waals surface area contributed by atoms with Crippen LogP contribution >= 0.6 is 0 Å². The Kier molecular flexibility index (Phi) is 7.72. The van der Waals surface area contributed by atoms with E-state index in [9.17, 15) is 22.8 Å². The predicted octanol–water partition coefficient (Wildman–Crippen LogP) is 6.05. The third-order valence-corrected chi connectivity index (χ3v) is 6.49. The van der Waals surface area contributed by atoms with E-state index in [1.807, 2.05) is 6.07 Å². The first-order valence-corrected chi connectivity index (χ1v) is 12.7. The van der Waals surface area contributed by atoms with Gasteiger partial charge in [0.2, 0.25) is 0 Å². The number of anilines is 3. The van der Waals surface area contributed by atoms with E-state index < -0.39 is 23.6 Å². The lowest BCUT2D eigenvalue weighted by Crippen LogP contribution is -2.29. The molecule has 40 heavy (non-hydrogen) atoms. The summed E-state index contributed by atoms with van der Waals surface area (Å²) in [6.45, 7) is 1.73. The number of carbonyl (C=O) groups is 2. The van der Waals surface area contributed by atoms with E-state index in [-0.39, 0.29) is 28.3 Å². The lowest BCUT2D eigenvalue weighted by Gasteiger charge is -2.29. The monoisotopic (exact) mass is 546 g/mol. The van der Waals surface area contributed by atoms with E-state index in [2.05, 4.69) is 30.5 Å². The fourth-order valence-electron chi connectivity index (χ4n) is 4.44. The van der Waals surface area contributed by atoms with Gasteiger partial charge in [0, 0.05) is 30.5 Å². The van der Waals surface area contributed by atoms with Crippen molar-refractivity contribution in [2.24, 2.45) is 0 Å². The van der Waals surface area contributed by atoms with Gasteiger partial charge in [-0.05, 0) is 61.7 Å². The summed E-state index contributed by atoms with van der Waals surface area (Å²) in [5.74, 6) is -0.895. The number of nitrogens with zero attached hydrogens (tertiary/aromatic N) is 4. The quantitative estimate of drug-likeness (QED) is 0.305. The number of benzene rings is 2. The number of amides is 2. The second kappa shape index (κ2) is 11.5. The molecule has 0 radical (unpaired) electrons. The summed E-state index contributed by atoms with van der Waals surface area (Å²) in [6, 6.07) is 15.0. The highest BCUT2D eigenvalue weighted by molar-refractivity contribution is 6.12. The lowest BCUT2D eigenvalue weighted by atomic mass is 10.1. The van der Waals surface area contributed by atoms with Crippen molar-refractivity contribution in [2.45, 2.75) is 25.4 Å². The van der Waals surface area contributed by atoms with Crippen molar-refractivity contribution in [3.8, 4) is 11.3 Å². The number of hydrogen-bond donors (Lipinski definition) is 2. The van der Waals surface area contributed by atoms with Crippen molar-refractivity contribution in [3.63, 3.8) is 0 Å². The topological polar surface area (TPSA) is 100 Å². The SMILES string of the molecule is O=C(Nc1ccc(N2CCCCC2)cc1C(=O)Nc1cnc(-c2cccc(C(F)(F)F)c2)cn1)c1ccccn1. The van der Waals surface area contributed by atoms with Gasteiger partial charge in [0.1, 0.15) is 5.69 Å². The summed E-state index contributed by atoms with van der Waals surface area (Å²) in [6.07, 6.45) is 2.83. The molecule has 0 saturated carbocycles. The van der Waals surface area contributed by atoms with Crippen molar-refractivity contribution >= 4 is 29.0 Å². The average molecular weight is 547 g/mol. The zero-order chi connectivity index (χ0) is 28.1. The molecule has 1 saturated heterocycles. The molecular weight excluding hydrogens is 521 g/mol. The molecule has 3 heterocycles. The van der Waals surface area contributed by atoms with Gasteiger partial charge in [-0.1, -0.05) is 18.2 Å². The molecule has 0 aliphatic carbocycles. The highest BCUT2D eigenvalue weighted by atomic mass is 19.4. The summed E-state index contributed by atoms with van der Waals surface area (Å²) in [4.78, 5) is 40.8. The molecule has 2 aromatic carbocycles. The number of piperidine rings is 1. The number of carbonyl (C=O) groups excluding carboxylic acids is 2. The third-order valence-electron chi connectivity index (χ3n) is 6.49. The van der Waals surface area contributed by atoms with Crippen LogP contribution in [0.5, 0.6) is 0 Å². The number of aromatic nitrogens is 3. The van der Waals surface area contributed by atoms with E-state index in [0.29, 0.717) is 5.69 Å². The Hall–Kier alpha value is -4.80. The highest BCUT2D eigenvalue weighted by Crippen LogP contribution is 2.32.